The Labute approximate surface area is 122 Å². The predicted molar refractivity (Wildman–Crippen MR) is 72.1 cm³/mol. The van der Waals surface area contributed by atoms with E-state index < -0.39 is 23.2 Å². The van der Waals surface area contributed by atoms with Crippen molar-refractivity contribution in [2.24, 2.45) is 11.3 Å². The fraction of sp³-hybridized carbons (Fsp3) is 0.625. The van der Waals surface area contributed by atoms with E-state index in [0.717, 1.165) is 18.6 Å². The summed E-state index contributed by atoms with van der Waals surface area (Å²) < 4.78 is 51.9. The van der Waals surface area contributed by atoms with E-state index in [0.29, 0.717) is 12.8 Å². The lowest BCUT2D eigenvalue weighted by Crippen LogP contribution is -2.40. The minimum absolute atomic E-state index is 0.149. The molecule has 5 heteroatoms. The molecule has 0 spiro atoms. The second kappa shape index (κ2) is 4.97. The van der Waals surface area contributed by atoms with Crippen LogP contribution in [0.15, 0.2) is 18.2 Å². The van der Waals surface area contributed by atoms with Crippen LogP contribution in [0.4, 0.5) is 17.6 Å². The fourth-order valence-electron chi connectivity index (χ4n) is 3.78. The van der Waals surface area contributed by atoms with Gasteiger partial charge in [-0.05, 0) is 48.3 Å². The van der Waals surface area contributed by atoms with Crippen LogP contribution in [-0.4, -0.2) is 5.11 Å². The van der Waals surface area contributed by atoms with Gasteiger partial charge in [0.2, 0.25) is 0 Å². The second-order valence-electron chi connectivity index (χ2n) is 7.08. The van der Waals surface area contributed by atoms with Crippen molar-refractivity contribution in [2.45, 2.75) is 51.8 Å². The molecule has 118 valence electrons. The van der Waals surface area contributed by atoms with Gasteiger partial charge in [0.15, 0.2) is 0 Å². The van der Waals surface area contributed by atoms with Crippen molar-refractivity contribution in [2.75, 3.05) is 0 Å². The molecular formula is C16H20F4O. The van der Waals surface area contributed by atoms with E-state index in [4.69, 9.17) is 0 Å². The highest BCUT2D eigenvalue weighted by Crippen LogP contribution is 2.49. The molecule has 0 saturated heterocycles. The number of rotatable bonds is 1. The highest BCUT2D eigenvalue weighted by atomic mass is 19.4. The maximum Gasteiger partial charge on any atom is 0.419 e. The van der Waals surface area contributed by atoms with Crippen molar-refractivity contribution in [3.63, 3.8) is 0 Å². The van der Waals surface area contributed by atoms with E-state index in [1.807, 2.05) is 20.8 Å². The van der Waals surface area contributed by atoms with Gasteiger partial charge in [-0.25, -0.2) is 4.39 Å². The van der Waals surface area contributed by atoms with Gasteiger partial charge in [-0.3, -0.25) is 0 Å². The summed E-state index contributed by atoms with van der Waals surface area (Å²) in [5.74, 6) is -1.11. The Bertz CT molecular complexity index is 536. The van der Waals surface area contributed by atoms with E-state index in [-0.39, 0.29) is 16.9 Å². The minimum Gasteiger partial charge on any atom is -0.385 e. The zero-order valence-corrected chi connectivity index (χ0v) is 12.4. The lowest BCUT2D eigenvalue weighted by molar-refractivity contribution is -0.140. The summed E-state index contributed by atoms with van der Waals surface area (Å²) in [5, 5.41) is 10.8. The van der Waals surface area contributed by atoms with E-state index >= 15 is 0 Å². The average molecular weight is 304 g/mol. The third-order valence-corrected chi connectivity index (χ3v) is 4.17. The summed E-state index contributed by atoms with van der Waals surface area (Å²) in [4.78, 5) is 0. The van der Waals surface area contributed by atoms with Gasteiger partial charge in [-0.2, -0.15) is 13.2 Å². The summed E-state index contributed by atoms with van der Waals surface area (Å²) in [7, 11) is 0. The molecule has 0 heterocycles. The van der Waals surface area contributed by atoms with Crippen LogP contribution in [0.25, 0.3) is 0 Å². The van der Waals surface area contributed by atoms with Crippen LogP contribution in [0.3, 0.4) is 0 Å². The zero-order chi connectivity index (χ0) is 16.1. The molecule has 2 unspecified atom stereocenters. The number of hydrogen-bond acceptors (Lipinski definition) is 1. The zero-order valence-electron chi connectivity index (χ0n) is 12.4. The van der Waals surface area contributed by atoms with Crippen molar-refractivity contribution in [3.8, 4) is 0 Å². The van der Waals surface area contributed by atoms with Crippen molar-refractivity contribution >= 4 is 0 Å². The van der Waals surface area contributed by atoms with Crippen molar-refractivity contribution in [1.29, 1.82) is 0 Å². The van der Waals surface area contributed by atoms with Gasteiger partial charge in [0.25, 0.3) is 0 Å². The van der Waals surface area contributed by atoms with Crippen LogP contribution in [-0.2, 0) is 11.8 Å². The summed E-state index contributed by atoms with van der Waals surface area (Å²) in [6, 6.07) is 2.81. The molecule has 1 nitrogen and oxygen atoms in total. The van der Waals surface area contributed by atoms with E-state index in [1.165, 1.54) is 6.07 Å². The van der Waals surface area contributed by atoms with E-state index in [1.54, 1.807) is 0 Å². The molecule has 1 N–H and O–H groups in total. The molecule has 2 rings (SSSR count). The first-order valence-corrected chi connectivity index (χ1v) is 7.03. The number of alkyl halides is 3. The first-order chi connectivity index (χ1) is 9.43. The molecule has 0 radical (unpaired) electrons. The van der Waals surface area contributed by atoms with Gasteiger partial charge >= 0.3 is 6.18 Å². The molecule has 1 fully saturated rings. The largest absolute Gasteiger partial charge is 0.419 e. The molecule has 1 aromatic rings. The Morgan fingerprint density at radius 2 is 1.81 bits per heavy atom. The lowest BCUT2D eigenvalue weighted by atomic mass is 9.64. The van der Waals surface area contributed by atoms with Gasteiger partial charge in [0, 0.05) is 0 Å². The molecule has 0 aliphatic heterocycles. The molecule has 0 amide bonds. The quantitative estimate of drug-likeness (QED) is 0.733. The first-order valence-electron chi connectivity index (χ1n) is 7.03. The molecule has 1 saturated carbocycles. The van der Waals surface area contributed by atoms with Gasteiger partial charge in [-0.1, -0.05) is 26.8 Å². The summed E-state index contributed by atoms with van der Waals surface area (Å²) in [6.07, 6.45) is -3.10. The third kappa shape index (κ3) is 3.39. The van der Waals surface area contributed by atoms with Crippen LogP contribution in [0.2, 0.25) is 0 Å². The Kier molecular flexibility index (Phi) is 3.85. The van der Waals surface area contributed by atoms with Crippen molar-refractivity contribution < 1.29 is 22.7 Å². The highest BCUT2D eigenvalue weighted by molar-refractivity contribution is 5.32. The third-order valence-electron chi connectivity index (χ3n) is 4.17. The molecule has 1 aliphatic rings. The number of hydrogen-bond donors (Lipinski definition) is 1. The highest BCUT2D eigenvalue weighted by Gasteiger charge is 2.44. The molecule has 0 aromatic heterocycles. The van der Waals surface area contributed by atoms with Crippen LogP contribution >= 0.6 is 0 Å². The van der Waals surface area contributed by atoms with E-state index in [9.17, 15) is 22.7 Å². The molecule has 0 bridgehead atoms. The fourth-order valence-corrected chi connectivity index (χ4v) is 3.78. The van der Waals surface area contributed by atoms with Crippen LogP contribution < -0.4 is 0 Å². The van der Waals surface area contributed by atoms with Crippen molar-refractivity contribution in [1.82, 2.24) is 0 Å². The number of aliphatic hydroxyl groups is 1. The molecule has 1 aromatic carbocycles. The Morgan fingerprint density at radius 3 is 2.33 bits per heavy atom. The first kappa shape index (κ1) is 16.3. The van der Waals surface area contributed by atoms with E-state index in [2.05, 4.69) is 0 Å². The average Bonchev–Trinajstić information content (AvgIpc) is 2.23. The molecule has 1 aliphatic carbocycles. The lowest BCUT2D eigenvalue weighted by Gasteiger charge is -2.45. The molecular weight excluding hydrogens is 284 g/mol. The second-order valence-corrected chi connectivity index (χ2v) is 7.08. The maximum atomic E-state index is 13.4. The maximum absolute atomic E-state index is 13.4. The normalized spacial score (nSPS) is 29.4. The van der Waals surface area contributed by atoms with Crippen molar-refractivity contribution in [3.05, 3.63) is 35.1 Å². The monoisotopic (exact) mass is 304 g/mol. The Hall–Kier alpha value is -1.10. The van der Waals surface area contributed by atoms with Gasteiger partial charge in [-0.15, -0.1) is 0 Å². The summed E-state index contributed by atoms with van der Waals surface area (Å²) in [5.41, 5.74) is -2.67. The number of benzene rings is 1. The predicted octanol–water partition coefficient (Wildman–Crippen LogP) is 4.88. The van der Waals surface area contributed by atoms with Crippen LogP contribution in [0.5, 0.6) is 0 Å². The molecule has 2 atom stereocenters. The Balaban J connectivity index is 2.46. The Morgan fingerprint density at radius 1 is 1.19 bits per heavy atom. The SMILES string of the molecule is CC1CC(C)(C)CC(O)(c2ccc(F)c(C(F)(F)F)c2)C1. The topological polar surface area (TPSA) is 20.2 Å². The van der Waals surface area contributed by atoms with Gasteiger partial charge in [0.1, 0.15) is 5.82 Å². The molecule has 21 heavy (non-hydrogen) atoms. The summed E-state index contributed by atoms with van der Waals surface area (Å²) in [6.45, 7) is 5.95. The summed E-state index contributed by atoms with van der Waals surface area (Å²) >= 11 is 0. The minimum atomic E-state index is -4.76. The van der Waals surface area contributed by atoms with Gasteiger partial charge in [0.05, 0.1) is 11.2 Å². The van der Waals surface area contributed by atoms with Crippen LogP contribution in [0.1, 0.15) is 51.2 Å². The van der Waals surface area contributed by atoms with Crippen LogP contribution in [0, 0.1) is 17.2 Å². The van der Waals surface area contributed by atoms with Gasteiger partial charge < -0.3 is 5.11 Å². The smallest absolute Gasteiger partial charge is 0.385 e. The standard InChI is InChI=1S/C16H20F4O/c1-10-7-14(2,3)9-15(21,8-10)11-4-5-13(17)12(6-11)16(18,19)20/h4-6,10,21H,7-9H2,1-3H3. The number of halogens is 4.